The van der Waals surface area contributed by atoms with Crippen LogP contribution in [0.25, 0.3) is 0 Å². The zero-order valence-corrected chi connectivity index (χ0v) is 17.4. The van der Waals surface area contributed by atoms with Crippen molar-refractivity contribution in [1.82, 2.24) is 4.90 Å². The molecule has 0 aromatic heterocycles. The molecule has 7 heteroatoms. The maximum Gasteiger partial charge on any atom is 0.307 e. The first-order valence-electron chi connectivity index (χ1n) is 10.4. The number of carboxylic acid groups (broad SMARTS) is 1. The van der Waals surface area contributed by atoms with Crippen LogP contribution in [0.1, 0.15) is 51.5 Å². The van der Waals surface area contributed by atoms with Gasteiger partial charge in [-0.1, -0.05) is 19.8 Å². The van der Waals surface area contributed by atoms with Gasteiger partial charge in [0.15, 0.2) is 6.29 Å². The summed E-state index contributed by atoms with van der Waals surface area (Å²) >= 11 is 0. The van der Waals surface area contributed by atoms with E-state index in [1.807, 2.05) is 13.8 Å². The van der Waals surface area contributed by atoms with Gasteiger partial charge in [0.1, 0.15) is 11.6 Å². The fourth-order valence-electron chi connectivity index (χ4n) is 4.30. The number of rotatable bonds is 7. The first kappa shape index (κ1) is 21.4. The molecule has 0 bridgehead atoms. The summed E-state index contributed by atoms with van der Waals surface area (Å²) in [6.45, 7) is 5.59. The van der Waals surface area contributed by atoms with Crippen LogP contribution in [0.4, 0.5) is 4.39 Å². The van der Waals surface area contributed by atoms with E-state index in [2.05, 4.69) is 4.90 Å². The first-order valence-corrected chi connectivity index (χ1v) is 10.4. The van der Waals surface area contributed by atoms with E-state index >= 15 is 0 Å². The van der Waals surface area contributed by atoms with Crippen LogP contribution in [0.2, 0.25) is 0 Å². The normalized spacial score (nSPS) is 23.9. The highest BCUT2D eigenvalue weighted by atomic mass is 19.1. The van der Waals surface area contributed by atoms with Crippen molar-refractivity contribution in [3.63, 3.8) is 0 Å². The largest absolute Gasteiger partial charge is 0.497 e. The van der Waals surface area contributed by atoms with Gasteiger partial charge in [0.05, 0.1) is 24.7 Å². The molecule has 1 saturated heterocycles. The summed E-state index contributed by atoms with van der Waals surface area (Å²) in [7, 11) is 1.49. The van der Waals surface area contributed by atoms with E-state index in [4.69, 9.17) is 14.7 Å². The van der Waals surface area contributed by atoms with E-state index in [-0.39, 0.29) is 0 Å². The minimum Gasteiger partial charge on any atom is -0.497 e. The zero-order chi connectivity index (χ0) is 21.0. The lowest BCUT2D eigenvalue weighted by molar-refractivity contribution is -0.142. The van der Waals surface area contributed by atoms with Crippen LogP contribution >= 0.6 is 0 Å². The third kappa shape index (κ3) is 4.66. The number of piperidine rings is 1. The summed E-state index contributed by atoms with van der Waals surface area (Å²) in [6.07, 6.45) is 4.15. The molecule has 0 aliphatic carbocycles. The fraction of sp³-hybridized carbons (Fsp3) is 0.591. The highest BCUT2D eigenvalue weighted by Crippen LogP contribution is 2.32. The molecule has 3 rings (SSSR count). The second kappa shape index (κ2) is 9.48. The van der Waals surface area contributed by atoms with Crippen LogP contribution < -0.4 is 4.74 Å². The molecule has 158 valence electrons. The number of nitrogens with zero attached hydrogens (tertiary/aromatic N) is 3. The Morgan fingerprint density at radius 3 is 2.62 bits per heavy atom. The summed E-state index contributed by atoms with van der Waals surface area (Å²) in [6, 6.07) is 4.64. The summed E-state index contributed by atoms with van der Waals surface area (Å²) < 4.78 is 20.1. The Morgan fingerprint density at radius 2 is 2.03 bits per heavy atom. The van der Waals surface area contributed by atoms with Gasteiger partial charge in [-0.3, -0.25) is 14.7 Å². The molecule has 29 heavy (non-hydrogen) atoms. The molecule has 0 radical (unpaired) electrons. The molecule has 0 spiro atoms. The first-order chi connectivity index (χ1) is 14.0. The van der Waals surface area contributed by atoms with Gasteiger partial charge >= 0.3 is 5.97 Å². The predicted octanol–water partition coefficient (Wildman–Crippen LogP) is 3.98. The summed E-state index contributed by atoms with van der Waals surface area (Å²) in [5, 5.41) is 9.87. The second-order valence-corrected chi connectivity index (χ2v) is 7.78. The number of hydrogen-bond acceptors (Lipinski definition) is 5. The lowest BCUT2D eigenvalue weighted by atomic mass is 9.78. The molecule has 3 atom stereocenters. The van der Waals surface area contributed by atoms with Crippen LogP contribution in [0.3, 0.4) is 0 Å². The van der Waals surface area contributed by atoms with E-state index in [0.717, 1.165) is 25.9 Å². The van der Waals surface area contributed by atoms with Crippen LogP contribution in [0.15, 0.2) is 28.2 Å². The number of halogens is 1. The predicted molar refractivity (Wildman–Crippen MR) is 111 cm³/mol. The van der Waals surface area contributed by atoms with Gasteiger partial charge in [0.25, 0.3) is 0 Å². The molecule has 2 heterocycles. The Kier molecular flexibility index (Phi) is 7.00. The number of aliphatic carboxylic acids is 1. The Labute approximate surface area is 171 Å². The lowest BCUT2D eigenvalue weighted by Crippen LogP contribution is -2.45. The number of benzene rings is 1. The highest BCUT2D eigenvalue weighted by molar-refractivity contribution is 6.17. The molecule has 0 amide bonds. The van der Waals surface area contributed by atoms with Gasteiger partial charge < -0.3 is 9.84 Å². The average Bonchev–Trinajstić information content (AvgIpc) is 2.72. The summed E-state index contributed by atoms with van der Waals surface area (Å²) in [5.74, 6) is -2.17. The molecule has 1 aromatic carbocycles. The molecule has 1 N–H and O–H groups in total. The van der Waals surface area contributed by atoms with Crippen molar-refractivity contribution in [2.24, 2.45) is 21.8 Å². The van der Waals surface area contributed by atoms with Crippen molar-refractivity contribution in [3.8, 4) is 5.75 Å². The van der Waals surface area contributed by atoms with Crippen LogP contribution in [0.5, 0.6) is 5.75 Å². The fourth-order valence-corrected chi connectivity index (χ4v) is 4.30. The molecule has 0 saturated carbocycles. The number of carbonyl (C=O) groups is 1. The van der Waals surface area contributed by atoms with E-state index in [1.54, 1.807) is 12.1 Å². The Morgan fingerprint density at radius 1 is 1.31 bits per heavy atom. The Bertz CT molecular complexity index is 802. The van der Waals surface area contributed by atoms with Crippen molar-refractivity contribution < 1.29 is 19.0 Å². The van der Waals surface area contributed by atoms with Crippen molar-refractivity contribution in [3.05, 3.63) is 29.6 Å². The van der Waals surface area contributed by atoms with Crippen molar-refractivity contribution in [1.29, 1.82) is 0 Å². The molecule has 2 aliphatic heterocycles. The minimum absolute atomic E-state index is 0.328. The quantitative estimate of drug-likeness (QED) is 0.747. The van der Waals surface area contributed by atoms with Gasteiger partial charge in [0.2, 0.25) is 0 Å². The van der Waals surface area contributed by atoms with E-state index < -0.39 is 29.9 Å². The third-order valence-corrected chi connectivity index (χ3v) is 5.81. The SMILES string of the molecule is CCCC(C(=O)O)C1C(C)=NC(N2CCCCC2)N=C1c1ccc(OC)cc1F. The Balaban J connectivity index is 2.07. The number of methoxy groups -OCH3 is 1. The van der Waals surface area contributed by atoms with Crippen LogP contribution in [-0.2, 0) is 4.79 Å². The molecular formula is C22H30FN3O3. The van der Waals surface area contributed by atoms with Gasteiger partial charge in [-0.15, -0.1) is 0 Å². The molecule has 1 fully saturated rings. The van der Waals surface area contributed by atoms with Crippen molar-refractivity contribution in [2.75, 3.05) is 20.2 Å². The van der Waals surface area contributed by atoms with Gasteiger partial charge in [-0.2, -0.15) is 0 Å². The van der Waals surface area contributed by atoms with Crippen molar-refractivity contribution >= 4 is 17.4 Å². The van der Waals surface area contributed by atoms with E-state index in [9.17, 15) is 14.3 Å². The number of carboxylic acids is 1. The summed E-state index contributed by atoms with van der Waals surface area (Å²) in [5.41, 5.74) is 1.52. The zero-order valence-electron chi connectivity index (χ0n) is 17.4. The molecular weight excluding hydrogens is 373 g/mol. The Hall–Kier alpha value is -2.28. The summed E-state index contributed by atoms with van der Waals surface area (Å²) in [4.78, 5) is 23.8. The topological polar surface area (TPSA) is 74.5 Å². The van der Waals surface area contributed by atoms with Gasteiger partial charge in [0, 0.05) is 30.4 Å². The number of aliphatic imine (C=N–C) groups is 2. The monoisotopic (exact) mass is 403 g/mol. The smallest absolute Gasteiger partial charge is 0.307 e. The third-order valence-electron chi connectivity index (χ3n) is 5.81. The maximum absolute atomic E-state index is 15.0. The number of hydrogen-bond donors (Lipinski definition) is 1. The molecule has 6 nitrogen and oxygen atoms in total. The number of ether oxygens (including phenoxy) is 1. The van der Waals surface area contributed by atoms with Gasteiger partial charge in [-0.25, -0.2) is 9.38 Å². The lowest BCUT2D eigenvalue weighted by Gasteiger charge is -2.36. The second-order valence-electron chi connectivity index (χ2n) is 7.78. The molecule has 1 aromatic rings. The van der Waals surface area contributed by atoms with E-state index in [1.165, 1.54) is 19.6 Å². The maximum atomic E-state index is 15.0. The molecule has 2 aliphatic rings. The number of likely N-dealkylation sites (tertiary alicyclic amines) is 1. The van der Waals surface area contributed by atoms with Crippen molar-refractivity contribution in [2.45, 2.75) is 52.2 Å². The van der Waals surface area contributed by atoms with Crippen LogP contribution in [-0.4, -0.2) is 53.9 Å². The standard InChI is InChI=1S/C22H30FN3O3/c1-4-8-17(21(27)28)19-14(2)24-22(26-11-6-5-7-12-26)25-20(19)16-10-9-15(29-3)13-18(16)23/h9-10,13,17,19,22H,4-8,11-12H2,1-3H3,(H,27,28). The van der Waals surface area contributed by atoms with Crippen LogP contribution in [0, 0.1) is 17.7 Å². The van der Waals surface area contributed by atoms with E-state index in [0.29, 0.717) is 35.6 Å². The molecule has 3 unspecified atom stereocenters. The minimum atomic E-state index is -0.899. The van der Waals surface area contributed by atoms with Gasteiger partial charge in [-0.05, 0) is 38.3 Å². The highest BCUT2D eigenvalue weighted by Gasteiger charge is 2.39. The average molecular weight is 403 g/mol.